The van der Waals surface area contributed by atoms with Gasteiger partial charge in [-0.25, -0.2) is 4.39 Å². The van der Waals surface area contributed by atoms with Gasteiger partial charge in [-0.2, -0.15) is 0 Å². The Balaban J connectivity index is 2.21. The van der Waals surface area contributed by atoms with Crippen molar-refractivity contribution in [3.63, 3.8) is 0 Å². The minimum Gasteiger partial charge on any atom is -0.507 e. The molecule has 132 valence electrons. The monoisotopic (exact) mass is 415 g/mol. The Morgan fingerprint density at radius 2 is 1.92 bits per heavy atom. The quantitative estimate of drug-likeness (QED) is 0.352. The first-order chi connectivity index (χ1) is 12.4. The molecule has 2 aromatic rings. The molecule has 0 spiro atoms. The van der Waals surface area contributed by atoms with Crippen molar-refractivity contribution in [1.82, 2.24) is 4.90 Å². The molecule has 0 bridgehead atoms. The van der Waals surface area contributed by atoms with Crippen molar-refractivity contribution in [2.45, 2.75) is 6.04 Å². The highest BCUT2D eigenvalue weighted by Gasteiger charge is 2.45. The number of aliphatic hydroxyl groups excluding tert-OH is 1. The number of carbonyl (C=O) groups is 2. The van der Waals surface area contributed by atoms with Gasteiger partial charge < -0.3 is 10.0 Å². The molecule has 1 aliphatic heterocycles. The van der Waals surface area contributed by atoms with E-state index in [0.717, 1.165) is 4.47 Å². The van der Waals surface area contributed by atoms with Crippen LogP contribution in [-0.4, -0.2) is 28.2 Å². The van der Waals surface area contributed by atoms with Crippen LogP contribution in [0.1, 0.15) is 17.2 Å². The standard InChI is InChI=1S/C20H15BrFNO3/c1-2-10-23-17(13-4-3-5-15(22)11-13)16(19(25)20(23)26)18(24)12-6-8-14(21)9-7-12/h2-9,11,17,24H,1,10H2/t17-/m1/s1. The normalized spacial score (nSPS) is 19.0. The molecular weight excluding hydrogens is 401 g/mol. The smallest absolute Gasteiger partial charge is 0.295 e. The molecule has 4 nitrogen and oxygen atoms in total. The van der Waals surface area contributed by atoms with E-state index in [4.69, 9.17) is 0 Å². The van der Waals surface area contributed by atoms with Gasteiger partial charge in [0.1, 0.15) is 11.6 Å². The van der Waals surface area contributed by atoms with Gasteiger partial charge in [0.15, 0.2) is 0 Å². The summed E-state index contributed by atoms with van der Waals surface area (Å²) in [6.07, 6.45) is 1.48. The van der Waals surface area contributed by atoms with E-state index in [1.54, 1.807) is 30.3 Å². The Bertz CT molecular complexity index is 921. The van der Waals surface area contributed by atoms with E-state index in [2.05, 4.69) is 22.5 Å². The second kappa shape index (κ2) is 7.25. The maximum absolute atomic E-state index is 13.7. The first-order valence-corrected chi connectivity index (χ1v) is 8.64. The number of likely N-dealkylation sites (tertiary alicyclic amines) is 1. The Labute approximate surface area is 158 Å². The van der Waals surface area contributed by atoms with Crippen molar-refractivity contribution in [2.24, 2.45) is 0 Å². The van der Waals surface area contributed by atoms with Crippen LogP contribution in [-0.2, 0) is 9.59 Å². The second-order valence-electron chi connectivity index (χ2n) is 5.80. The fraction of sp³-hybridized carbons (Fsp3) is 0.100. The fourth-order valence-corrected chi connectivity index (χ4v) is 3.26. The lowest BCUT2D eigenvalue weighted by Gasteiger charge is -2.24. The molecule has 1 atom stereocenters. The van der Waals surface area contributed by atoms with Crippen molar-refractivity contribution >= 4 is 33.4 Å². The molecule has 1 N–H and O–H groups in total. The fourth-order valence-electron chi connectivity index (χ4n) is 2.99. The summed E-state index contributed by atoms with van der Waals surface area (Å²) in [4.78, 5) is 26.3. The van der Waals surface area contributed by atoms with E-state index in [-0.39, 0.29) is 17.9 Å². The maximum Gasteiger partial charge on any atom is 0.295 e. The van der Waals surface area contributed by atoms with Crippen LogP contribution in [0.4, 0.5) is 4.39 Å². The van der Waals surface area contributed by atoms with Crippen LogP contribution in [0.25, 0.3) is 5.76 Å². The highest BCUT2D eigenvalue weighted by atomic mass is 79.9. The number of benzene rings is 2. The molecule has 1 amide bonds. The van der Waals surface area contributed by atoms with Crippen molar-refractivity contribution in [1.29, 1.82) is 0 Å². The summed E-state index contributed by atoms with van der Waals surface area (Å²) in [5.74, 6) is -2.34. The molecule has 1 aliphatic rings. The number of rotatable bonds is 4. The van der Waals surface area contributed by atoms with E-state index >= 15 is 0 Å². The minimum absolute atomic E-state index is 0.0650. The van der Waals surface area contributed by atoms with Crippen LogP contribution in [0.5, 0.6) is 0 Å². The van der Waals surface area contributed by atoms with Crippen molar-refractivity contribution in [3.8, 4) is 0 Å². The topological polar surface area (TPSA) is 57.6 Å². The summed E-state index contributed by atoms with van der Waals surface area (Å²) in [5, 5.41) is 10.7. The summed E-state index contributed by atoms with van der Waals surface area (Å²) < 4.78 is 14.5. The average molecular weight is 416 g/mol. The molecule has 0 aromatic heterocycles. The third-order valence-corrected chi connectivity index (χ3v) is 4.68. The molecular formula is C20H15BrFNO3. The van der Waals surface area contributed by atoms with Crippen LogP contribution in [0.2, 0.25) is 0 Å². The number of hydrogen-bond donors (Lipinski definition) is 1. The van der Waals surface area contributed by atoms with Crippen molar-refractivity contribution in [3.05, 3.63) is 88.2 Å². The Kier molecular flexibility index (Phi) is 5.04. The van der Waals surface area contributed by atoms with E-state index in [0.29, 0.717) is 11.1 Å². The second-order valence-corrected chi connectivity index (χ2v) is 6.72. The minimum atomic E-state index is -0.882. The number of ketones is 1. The summed E-state index contributed by atoms with van der Waals surface area (Å²) in [5.41, 5.74) is 0.737. The average Bonchev–Trinajstić information content (AvgIpc) is 2.87. The molecule has 0 unspecified atom stereocenters. The highest BCUT2D eigenvalue weighted by Crippen LogP contribution is 2.39. The van der Waals surface area contributed by atoms with Gasteiger partial charge in [-0.15, -0.1) is 6.58 Å². The van der Waals surface area contributed by atoms with E-state index < -0.39 is 23.5 Å². The zero-order valence-electron chi connectivity index (χ0n) is 13.7. The van der Waals surface area contributed by atoms with Gasteiger partial charge in [-0.3, -0.25) is 9.59 Å². The van der Waals surface area contributed by atoms with Crippen LogP contribution >= 0.6 is 15.9 Å². The molecule has 1 heterocycles. The Morgan fingerprint density at radius 3 is 2.54 bits per heavy atom. The molecule has 0 saturated carbocycles. The lowest BCUT2D eigenvalue weighted by molar-refractivity contribution is -0.139. The van der Waals surface area contributed by atoms with E-state index in [9.17, 15) is 19.1 Å². The lowest BCUT2D eigenvalue weighted by atomic mass is 9.95. The predicted molar refractivity (Wildman–Crippen MR) is 99.7 cm³/mol. The maximum atomic E-state index is 13.7. The molecule has 2 aromatic carbocycles. The van der Waals surface area contributed by atoms with Crippen molar-refractivity contribution in [2.75, 3.05) is 6.54 Å². The summed E-state index contributed by atoms with van der Waals surface area (Å²) in [7, 11) is 0. The van der Waals surface area contributed by atoms with E-state index in [1.807, 2.05) is 0 Å². The summed E-state index contributed by atoms with van der Waals surface area (Å²) in [6.45, 7) is 3.70. The summed E-state index contributed by atoms with van der Waals surface area (Å²) >= 11 is 3.31. The predicted octanol–water partition coefficient (Wildman–Crippen LogP) is 4.20. The molecule has 0 aliphatic carbocycles. The van der Waals surface area contributed by atoms with Crippen molar-refractivity contribution < 1.29 is 19.1 Å². The third kappa shape index (κ3) is 3.20. The SMILES string of the molecule is C=CCN1C(=O)C(=O)C(=C(O)c2ccc(Br)cc2)[C@H]1c1cccc(F)c1. The Morgan fingerprint density at radius 1 is 1.23 bits per heavy atom. The van der Waals surface area contributed by atoms with Gasteiger partial charge in [0.2, 0.25) is 0 Å². The number of nitrogens with zero attached hydrogens (tertiary/aromatic N) is 1. The first-order valence-electron chi connectivity index (χ1n) is 7.84. The largest absolute Gasteiger partial charge is 0.507 e. The number of carbonyl (C=O) groups excluding carboxylic acids is 2. The van der Waals surface area contributed by atoms with Gasteiger partial charge in [0.05, 0.1) is 11.6 Å². The number of hydrogen-bond acceptors (Lipinski definition) is 3. The number of Topliss-reactive ketones (excluding diaryl/α,β-unsaturated/α-hetero) is 1. The van der Waals surface area contributed by atoms with E-state index in [1.165, 1.54) is 29.2 Å². The van der Waals surface area contributed by atoms with Gasteiger partial charge in [0, 0.05) is 16.6 Å². The van der Waals surface area contributed by atoms with Crippen LogP contribution in [0, 0.1) is 5.82 Å². The molecule has 26 heavy (non-hydrogen) atoms. The van der Waals surface area contributed by atoms with Gasteiger partial charge in [-0.05, 0) is 29.8 Å². The molecule has 6 heteroatoms. The zero-order valence-corrected chi connectivity index (χ0v) is 15.2. The van der Waals surface area contributed by atoms with Gasteiger partial charge in [0.25, 0.3) is 11.7 Å². The first kappa shape index (κ1) is 18.1. The van der Waals surface area contributed by atoms with Crippen LogP contribution in [0.15, 0.2) is 71.2 Å². The molecule has 0 radical (unpaired) electrons. The molecule has 1 saturated heterocycles. The summed E-state index contributed by atoms with van der Waals surface area (Å²) in [6, 6.07) is 11.4. The molecule has 3 rings (SSSR count). The Hall–Kier alpha value is -2.73. The molecule has 1 fully saturated rings. The highest BCUT2D eigenvalue weighted by molar-refractivity contribution is 9.10. The third-order valence-electron chi connectivity index (χ3n) is 4.15. The van der Waals surface area contributed by atoms with Gasteiger partial charge >= 0.3 is 0 Å². The van der Waals surface area contributed by atoms with Crippen LogP contribution in [0.3, 0.4) is 0 Å². The lowest BCUT2D eigenvalue weighted by Crippen LogP contribution is -2.29. The van der Waals surface area contributed by atoms with Crippen LogP contribution < -0.4 is 0 Å². The zero-order chi connectivity index (χ0) is 18.8. The van der Waals surface area contributed by atoms with Gasteiger partial charge in [-0.1, -0.05) is 46.3 Å². The number of aliphatic hydroxyl groups is 1. The number of amides is 1. The number of halogens is 2.